The maximum absolute atomic E-state index is 12.4. The number of Topliss-reactive ketones (excluding diaryl/α,β-unsaturated/α-hetero) is 1. The molecule has 2 atom stereocenters. The number of nitrogens with zero attached hydrogens (tertiary/aromatic N) is 2. The van der Waals surface area contributed by atoms with Gasteiger partial charge in [-0.2, -0.15) is 0 Å². The Morgan fingerprint density at radius 2 is 1.86 bits per heavy atom. The third-order valence-corrected chi connectivity index (χ3v) is 5.19. The van der Waals surface area contributed by atoms with Gasteiger partial charge in [-0.3, -0.25) is 14.5 Å². The van der Waals surface area contributed by atoms with Gasteiger partial charge in [0.05, 0.1) is 6.54 Å². The van der Waals surface area contributed by atoms with Crippen LogP contribution in [0.3, 0.4) is 0 Å². The van der Waals surface area contributed by atoms with Gasteiger partial charge >= 0.3 is 0 Å². The predicted octanol–water partition coefficient (Wildman–Crippen LogP) is 2.47. The second-order valence-electron chi connectivity index (χ2n) is 6.42. The lowest BCUT2D eigenvalue weighted by Gasteiger charge is -2.41. The van der Waals surface area contributed by atoms with Crippen molar-refractivity contribution < 1.29 is 9.59 Å². The van der Waals surface area contributed by atoms with E-state index in [-0.39, 0.29) is 11.8 Å². The summed E-state index contributed by atoms with van der Waals surface area (Å²) < 4.78 is 0. The third kappa shape index (κ3) is 4.06. The largest absolute Gasteiger partial charge is 0.342 e. The van der Waals surface area contributed by atoms with Crippen LogP contribution in [0.25, 0.3) is 0 Å². The topological polar surface area (TPSA) is 40.6 Å². The summed E-state index contributed by atoms with van der Waals surface area (Å²) >= 11 is 0. The van der Waals surface area contributed by atoms with Crippen molar-refractivity contribution >= 4 is 11.7 Å². The Balaban J connectivity index is 2.01. The van der Waals surface area contributed by atoms with Crippen LogP contribution >= 0.6 is 0 Å². The van der Waals surface area contributed by atoms with Gasteiger partial charge in [-0.15, -0.1) is 0 Å². The Bertz CT molecular complexity index is 366. The highest BCUT2D eigenvalue weighted by Crippen LogP contribution is 2.31. The molecule has 2 fully saturated rings. The third-order valence-electron chi connectivity index (χ3n) is 5.19. The van der Waals surface area contributed by atoms with Crippen LogP contribution in [0, 0.1) is 5.92 Å². The number of likely N-dealkylation sites (tertiary alicyclic amines) is 1. The molecule has 1 aliphatic heterocycles. The Kier molecular flexibility index (Phi) is 6.22. The fourth-order valence-electron chi connectivity index (χ4n) is 3.94. The van der Waals surface area contributed by atoms with Gasteiger partial charge in [0, 0.05) is 31.5 Å². The van der Waals surface area contributed by atoms with Gasteiger partial charge in [-0.1, -0.05) is 12.8 Å². The molecule has 0 aromatic heterocycles. The van der Waals surface area contributed by atoms with Gasteiger partial charge in [0.25, 0.3) is 0 Å². The molecule has 21 heavy (non-hydrogen) atoms. The molecule has 0 spiro atoms. The highest BCUT2D eigenvalue weighted by Gasteiger charge is 2.36. The van der Waals surface area contributed by atoms with Gasteiger partial charge < -0.3 is 4.90 Å². The average Bonchev–Trinajstić information content (AvgIpc) is 2.50. The van der Waals surface area contributed by atoms with Gasteiger partial charge in [-0.05, 0) is 46.1 Å². The van der Waals surface area contributed by atoms with Gasteiger partial charge in [0.2, 0.25) is 5.91 Å². The molecule has 1 saturated heterocycles. The minimum Gasteiger partial charge on any atom is -0.342 e. The fourth-order valence-corrected chi connectivity index (χ4v) is 3.94. The van der Waals surface area contributed by atoms with Crippen molar-refractivity contribution in [2.24, 2.45) is 5.92 Å². The Morgan fingerprint density at radius 3 is 2.52 bits per heavy atom. The standard InChI is InChI=1S/C17H30N2O2/c1-3-18(4-2)17(21)13-19-12-8-7-10-15(19)14-9-5-6-11-16(14)20/h14-15H,3-13H2,1-2H3. The van der Waals surface area contributed by atoms with Gasteiger partial charge in [0.15, 0.2) is 0 Å². The Labute approximate surface area is 128 Å². The summed E-state index contributed by atoms with van der Waals surface area (Å²) in [6.07, 6.45) is 7.44. The van der Waals surface area contributed by atoms with Crippen LogP contribution < -0.4 is 0 Å². The smallest absolute Gasteiger partial charge is 0.236 e. The molecular formula is C17H30N2O2. The second-order valence-corrected chi connectivity index (χ2v) is 6.42. The van der Waals surface area contributed by atoms with E-state index in [2.05, 4.69) is 4.90 Å². The van der Waals surface area contributed by atoms with Gasteiger partial charge in [0.1, 0.15) is 5.78 Å². The van der Waals surface area contributed by atoms with E-state index < -0.39 is 0 Å². The molecular weight excluding hydrogens is 264 g/mol. The molecule has 2 rings (SSSR count). The van der Waals surface area contributed by atoms with Crippen molar-refractivity contribution in [2.75, 3.05) is 26.2 Å². The molecule has 4 heteroatoms. The number of likely N-dealkylation sites (N-methyl/N-ethyl adjacent to an activating group) is 1. The quantitative estimate of drug-likeness (QED) is 0.782. The Hall–Kier alpha value is -0.900. The first-order chi connectivity index (χ1) is 10.2. The number of piperidine rings is 1. The monoisotopic (exact) mass is 294 g/mol. The van der Waals surface area contributed by atoms with Crippen molar-refractivity contribution in [2.45, 2.75) is 64.8 Å². The van der Waals surface area contributed by atoms with E-state index in [1.54, 1.807) is 0 Å². The van der Waals surface area contributed by atoms with Crippen LogP contribution in [-0.2, 0) is 9.59 Å². The molecule has 4 nitrogen and oxygen atoms in total. The Morgan fingerprint density at radius 1 is 1.14 bits per heavy atom. The zero-order chi connectivity index (χ0) is 15.2. The molecule has 1 saturated carbocycles. The second kappa shape index (κ2) is 7.92. The number of hydrogen-bond acceptors (Lipinski definition) is 3. The first-order valence-electron chi connectivity index (χ1n) is 8.71. The zero-order valence-electron chi connectivity index (χ0n) is 13.6. The molecule has 0 radical (unpaired) electrons. The van der Waals surface area contributed by atoms with E-state index in [1.165, 1.54) is 12.8 Å². The minimum absolute atomic E-state index is 0.184. The lowest BCUT2D eigenvalue weighted by atomic mass is 9.79. The molecule has 0 aromatic carbocycles. The highest BCUT2D eigenvalue weighted by atomic mass is 16.2. The maximum atomic E-state index is 12.4. The number of hydrogen-bond donors (Lipinski definition) is 0. The average molecular weight is 294 g/mol. The predicted molar refractivity (Wildman–Crippen MR) is 84.1 cm³/mol. The number of carbonyl (C=O) groups excluding carboxylic acids is 2. The summed E-state index contributed by atoms with van der Waals surface area (Å²) in [5, 5.41) is 0. The summed E-state index contributed by atoms with van der Waals surface area (Å²) in [6.45, 7) is 7.07. The number of rotatable bonds is 5. The molecule has 1 amide bonds. The summed E-state index contributed by atoms with van der Waals surface area (Å²) in [6, 6.07) is 0.311. The highest BCUT2D eigenvalue weighted by molar-refractivity contribution is 5.82. The summed E-state index contributed by atoms with van der Waals surface area (Å²) in [5.41, 5.74) is 0. The van der Waals surface area contributed by atoms with Crippen molar-refractivity contribution in [1.82, 2.24) is 9.80 Å². The van der Waals surface area contributed by atoms with Crippen LogP contribution in [0.2, 0.25) is 0 Å². The van der Waals surface area contributed by atoms with E-state index in [4.69, 9.17) is 0 Å². The first kappa shape index (κ1) is 16.5. The number of carbonyl (C=O) groups is 2. The van der Waals surface area contributed by atoms with Gasteiger partial charge in [-0.25, -0.2) is 0 Å². The van der Waals surface area contributed by atoms with E-state index in [1.807, 2.05) is 18.7 Å². The molecule has 120 valence electrons. The lowest BCUT2D eigenvalue weighted by Crippen LogP contribution is -2.51. The minimum atomic E-state index is 0.184. The zero-order valence-corrected chi connectivity index (χ0v) is 13.6. The van der Waals surface area contributed by atoms with E-state index in [9.17, 15) is 9.59 Å². The van der Waals surface area contributed by atoms with Crippen LogP contribution in [-0.4, -0.2) is 53.7 Å². The lowest BCUT2D eigenvalue weighted by molar-refractivity contribution is -0.136. The summed E-state index contributed by atoms with van der Waals surface area (Å²) in [4.78, 5) is 28.8. The molecule has 0 bridgehead atoms. The summed E-state index contributed by atoms with van der Waals surface area (Å²) in [7, 11) is 0. The van der Waals surface area contributed by atoms with E-state index in [0.717, 1.165) is 51.7 Å². The summed E-state index contributed by atoms with van der Waals surface area (Å²) in [5.74, 6) is 0.840. The van der Waals surface area contributed by atoms with Crippen molar-refractivity contribution in [1.29, 1.82) is 0 Å². The number of ketones is 1. The number of amides is 1. The van der Waals surface area contributed by atoms with Crippen LogP contribution in [0.15, 0.2) is 0 Å². The molecule has 2 aliphatic rings. The molecule has 2 unspecified atom stereocenters. The van der Waals surface area contributed by atoms with Crippen LogP contribution in [0.1, 0.15) is 58.8 Å². The molecule has 0 aromatic rings. The van der Waals surface area contributed by atoms with E-state index in [0.29, 0.717) is 18.4 Å². The van der Waals surface area contributed by atoms with Crippen LogP contribution in [0.5, 0.6) is 0 Å². The molecule has 0 N–H and O–H groups in total. The molecule has 1 aliphatic carbocycles. The fraction of sp³-hybridized carbons (Fsp3) is 0.882. The van der Waals surface area contributed by atoms with E-state index >= 15 is 0 Å². The van der Waals surface area contributed by atoms with Crippen molar-refractivity contribution in [3.05, 3.63) is 0 Å². The molecule has 1 heterocycles. The van der Waals surface area contributed by atoms with Crippen LogP contribution in [0.4, 0.5) is 0 Å². The normalized spacial score (nSPS) is 27.6. The van der Waals surface area contributed by atoms with Crippen molar-refractivity contribution in [3.63, 3.8) is 0 Å². The first-order valence-corrected chi connectivity index (χ1v) is 8.71. The maximum Gasteiger partial charge on any atom is 0.236 e. The SMILES string of the molecule is CCN(CC)C(=O)CN1CCCCC1C1CCCCC1=O. The van der Waals surface area contributed by atoms with Crippen molar-refractivity contribution in [3.8, 4) is 0 Å².